The van der Waals surface area contributed by atoms with E-state index in [9.17, 15) is 4.79 Å². The zero-order chi connectivity index (χ0) is 17.4. The van der Waals surface area contributed by atoms with Gasteiger partial charge in [0.25, 0.3) is 5.91 Å². The van der Waals surface area contributed by atoms with E-state index >= 15 is 0 Å². The molecule has 1 aromatic rings. The highest BCUT2D eigenvalue weighted by atomic mass is 127. The first-order valence-corrected chi connectivity index (χ1v) is 8.54. The number of aliphatic imine (C=N–C) groups is 1. The van der Waals surface area contributed by atoms with E-state index in [1.165, 1.54) is 25.7 Å². The number of guanidine groups is 1. The predicted octanol–water partition coefficient (Wildman–Crippen LogP) is 2.41. The highest BCUT2D eigenvalue weighted by Gasteiger charge is 2.19. The Bertz CT molecular complexity index is 580. The normalized spacial score (nSPS) is 20.3. The molecule has 0 saturated heterocycles. The lowest BCUT2D eigenvalue weighted by Crippen LogP contribution is -2.44. The zero-order valence-electron chi connectivity index (χ0n) is 15.0. The fourth-order valence-corrected chi connectivity index (χ4v) is 3.04. The number of nitrogens with one attached hydrogen (secondary N) is 2. The van der Waals surface area contributed by atoms with Crippen molar-refractivity contribution in [2.24, 2.45) is 16.6 Å². The third-order valence-corrected chi connectivity index (χ3v) is 4.24. The summed E-state index contributed by atoms with van der Waals surface area (Å²) in [5.41, 5.74) is 6.15. The molecule has 7 heteroatoms. The molecule has 1 amide bonds. The largest absolute Gasteiger partial charge is 0.484 e. The fraction of sp³-hybridized carbons (Fsp3) is 0.556. The third kappa shape index (κ3) is 7.94. The predicted molar refractivity (Wildman–Crippen MR) is 111 cm³/mol. The molecule has 1 aromatic carbocycles. The Labute approximate surface area is 167 Å². The van der Waals surface area contributed by atoms with E-state index < -0.39 is 5.91 Å². The van der Waals surface area contributed by atoms with Crippen LogP contribution in [0.25, 0.3) is 0 Å². The number of ether oxygens (including phenoxy) is 1. The van der Waals surface area contributed by atoms with Crippen LogP contribution >= 0.6 is 24.0 Å². The summed E-state index contributed by atoms with van der Waals surface area (Å²) in [4.78, 5) is 15.1. The van der Waals surface area contributed by atoms with Gasteiger partial charge in [-0.05, 0) is 36.5 Å². The fourth-order valence-electron chi connectivity index (χ4n) is 3.04. The van der Waals surface area contributed by atoms with Crippen molar-refractivity contribution in [1.29, 1.82) is 0 Å². The molecule has 1 aliphatic carbocycles. The van der Waals surface area contributed by atoms with Crippen LogP contribution in [0, 0.1) is 5.92 Å². The van der Waals surface area contributed by atoms with Gasteiger partial charge in [-0.3, -0.25) is 9.79 Å². The molecule has 0 spiro atoms. The van der Waals surface area contributed by atoms with Crippen LogP contribution in [0.5, 0.6) is 5.75 Å². The molecule has 6 nitrogen and oxygen atoms in total. The molecule has 1 saturated carbocycles. The van der Waals surface area contributed by atoms with Gasteiger partial charge in [0.1, 0.15) is 5.75 Å². The molecule has 25 heavy (non-hydrogen) atoms. The Hall–Kier alpha value is -1.51. The highest BCUT2D eigenvalue weighted by Crippen LogP contribution is 2.23. The number of carbonyl (C=O) groups excluding carboxylic acids is 1. The number of nitrogens with two attached hydrogens (primary N) is 1. The Morgan fingerprint density at radius 2 is 2.20 bits per heavy atom. The molecule has 0 radical (unpaired) electrons. The molecule has 140 valence electrons. The average molecular weight is 460 g/mol. The van der Waals surface area contributed by atoms with Gasteiger partial charge in [-0.2, -0.15) is 0 Å². The molecular weight excluding hydrogens is 431 g/mol. The Balaban J connectivity index is 0.00000312. The van der Waals surface area contributed by atoms with Crippen LogP contribution < -0.4 is 21.1 Å². The number of nitrogens with zero attached hydrogens (tertiary/aromatic N) is 1. The number of halogens is 1. The SMILES string of the molecule is CN=C(NCc1cccc(OCC(N)=O)c1)NC1CCCC(C)C1.I. The van der Waals surface area contributed by atoms with Gasteiger partial charge in [0.2, 0.25) is 0 Å². The summed E-state index contributed by atoms with van der Waals surface area (Å²) in [6.07, 6.45) is 4.98. The number of primary amides is 1. The number of benzene rings is 1. The third-order valence-electron chi connectivity index (χ3n) is 4.24. The molecule has 4 N–H and O–H groups in total. The molecule has 0 heterocycles. The minimum atomic E-state index is -0.482. The lowest BCUT2D eigenvalue weighted by atomic mass is 9.87. The lowest BCUT2D eigenvalue weighted by Gasteiger charge is -2.28. The van der Waals surface area contributed by atoms with Crippen molar-refractivity contribution < 1.29 is 9.53 Å². The number of rotatable bonds is 6. The van der Waals surface area contributed by atoms with E-state index in [0.29, 0.717) is 18.3 Å². The smallest absolute Gasteiger partial charge is 0.255 e. The summed E-state index contributed by atoms with van der Waals surface area (Å²) in [5, 5.41) is 6.84. The van der Waals surface area contributed by atoms with Crippen molar-refractivity contribution in [3.05, 3.63) is 29.8 Å². The number of hydrogen-bond acceptors (Lipinski definition) is 3. The molecular formula is C18H29IN4O2. The first kappa shape index (κ1) is 21.5. The second-order valence-electron chi connectivity index (χ2n) is 6.44. The molecule has 0 aliphatic heterocycles. The maximum Gasteiger partial charge on any atom is 0.255 e. The number of amides is 1. The van der Waals surface area contributed by atoms with Crippen LogP contribution in [0.15, 0.2) is 29.3 Å². The Morgan fingerprint density at radius 1 is 1.40 bits per heavy atom. The van der Waals surface area contributed by atoms with Gasteiger partial charge < -0.3 is 21.1 Å². The van der Waals surface area contributed by atoms with Crippen molar-refractivity contribution in [1.82, 2.24) is 10.6 Å². The van der Waals surface area contributed by atoms with Crippen LogP contribution in [0.1, 0.15) is 38.2 Å². The topological polar surface area (TPSA) is 88.7 Å². The number of carbonyl (C=O) groups is 1. The van der Waals surface area contributed by atoms with E-state index in [2.05, 4.69) is 22.5 Å². The van der Waals surface area contributed by atoms with Gasteiger partial charge in [-0.15, -0.1) is 24.0 Å². The van der Waals surface area contributed by atoms with Crippen molar-refractivity contribution in [3.8, 4) is 5.75 Å². The summed E-state index contributed by atoms with van der Waals surface area (Å²) < 4.78 is 5.33. The molecule has 1 fully saturated rings. The van der Waals surface area contributed by atoms with Crippen LogP contribution in [0.3, 0.4) is 0 Å². The first-order valence-electron chi connectivity index (χ1n) is 8.54. The number of hydrogen-bond donors (Lipinski definition) is 3. The molecule has 2 unspecified atom stereocenters. The average Bonchev–Trinajstić information content (AvgIpc) is 2.57. The van der Waals surface area contributed by atoms with E-state index in [-0.39, 0.29) is 30.6 Å². The maximum absolute atomic E-state index is 10.8. The molecule has 0 aromatic heterocycles. The van der Waals surface area contributed by atoms with Gasteiger partial charge in [0.15, 0.2) is 12.6 Å². The van der Waals surface area contributed by atoms with Gasteiger partial charge in [0.05, 0.1) is 0 Å². The van der Waals surface area contributed by atoms with E-state index in [4.69, 9.17) is 10.5 Å². The second-order valence-corrected chi connectivity index (χ2v) is 6.44. The summed E-state index contributed by atoms with van der Waals surface area (Å²) >= 11 is 0. The van der Waals surface area contributed by atoms with Crippen LogP contribution in [0.4, 0.5) is 0 Å². The summed E-state index contributed by atoms with van der Waals surface area (Å²) in [6, 6.07) is 8.09. The summed E-state index contributed by atoms with van der Waals surface area (Å²) in [5.74, 6) is 1.74. The van der Waals surface area contributed by atoms with Crippen molar-refractivity contribution in [2.45, 2.75) is 45.2 Å². The van der Waals surface area contributed by atoms with Crippen molar-refractivity contribution in [2.75, 3.05) is 13.7 Å². The first-order chi connectivity index (χ1) is 11.6. The minimum absolute atomic E-state index is 0. The highest BCUT2D eigenvalue weighted by molar-refractivity contribution is 14.0. The molecule has 1 aliphatic rings. The quantitative estimate of drug-likeness (QED) is 0.346. The Kier molecular flexibility index (Phi) is 9.62. The van der Waals surface area contributed by atoms with Crippen LogP contribution in [0.2, 0.25) is 0 Å². The van der Waals surface area contributed by atoms with E-state index in [0.717, 1.165) is 17.4 Å². The molecule has 2 rings (SSSR count). The molecule has 0 bridgehead atoms. The molecule has 2 atom stereocenters. The Morgan fingerprint density at radius 3 is 2.88 bits per heavy atom. The summed E-state index contributed by atoms with van der Waals surface area (Å²) in [6.45, 7) is 2.83. The second kappa shape index (κ2) is 11.2. The minimum Gasteiger partial charge on any atom is -0.484 e. The van der Waals surface area contributed by atoms with Crippen LogP contribution in [-0.4, -0.2) is 31.6 Å². The van der Waals surface area contributed by atoms with Crippen molar-refractivity contribution in [3.63, 3.8) is 0 Å². The van der Waals surface area contributed by atoms with E-state index in [1.54, 1.807) is 7.05 Å². The zero-order valence-corrected chi connectivity index (χ0v) is 17.3. The van der Waals surface area contributed by atoms with Gasteiger partial charge in [0, 0.05) is 19.6 Å². The monoisotopic (exact) mass is 460 g/mol. The van der Waals surface area contributed by atoms with Gasteiger partial charge in [-0.25, -0.2) is 0 Å². The van der Waals surface area contributed by atoms with Gasteiger partial charge in [-0.1, -0.05) is 31.9 Å². The maximum atomic E-state index is 10.8. The van der Waals surface area contributed by atoms with E-state index in [1.807, 2.05) is 24.3 Å². The standard InChI is InChI=1S/C18H28N4O2.HI/c1-13-5-3-7-15(9-13)22-18(20-2)21-11-14-6-4-8-16(10-14)24-12-17(19)23;/h4,6,8,10,13,15H,3,5,7,9,11-12H2,1-2H3,(H2,19,23)(H2,20,21,22);1H. The summed E-state index contributed by atoms with van der Waals surface area (Å²) in [7, 11) is 1.79. The lowest BCUT2D eigenvalue weighted by molar-refractivity contribution is -0.119. The van der Waals surface area contributed by atoms with Crippen LogP contribution in [-0.2, 0) is 11.3 Å². The van der Waals surface area contributed by atoms with Crippen molar-refractivity contribution >= 4 is 35.8 Å². The van der Waals surface area contributed by atoms with Gasteiger partial charge >= 0.3 is 0 Å².